The Morgan fingerprint density at radius 1 is 1.24 bits per heavy atom. The minimum absolute atomic E-state index is 0.00170. The number of aryl methyl sites for hydroxylation is 2. The van der Waals surface area contributed by atoms with Crippen LogP contribution in [0.3, 0.4) is 0 Å². The van der Waals surface area contributed by atoms with E-state index in [0.29, 0.717) is 12.3 Å². The summed E-state index contributed by atoms with van der Waals surface area (Å²) in [6.45, 7) is 4.47. The minimum Gasteiger partial charge on any atom is -0.484 e. The molecule has 5 nitrogen and oxygen atoms in total. The van der Waals surface area contributed by atoms with Gasteiger partial charge in [-0.25, -0.2) is 0 Å². The molecule has 0 radical (unpaired) electrons. The highest BCUT2D eigenvalue weighted by atomic mass is 32.1. The molecule has 0 fully saturated rings. The summed E-state index contributed by atoms with van der Waals surface area (Å²) in [6.07, 6.45) is 0. The molecule has 2 heterocycles. The van der Waals surface area contributed by atoms with Crippen LogP contribution < -0.4 is 10.1 Å². The van der Waals surface area contributed by atoms with Gasteiger partial charge in [0.1, 0.15) is 11.8 Å². The van der Waals surface area contributed by atoms with Gasteiger partial charge in [0.05, 0.1) is 5.69 Å². The molecule has 0 bridgehead atoms. The standard InChI is InChI=1S/C19H21N3O2S/c1-14-11-15(2)22(21-14)17(18-9-6-10-25-18)12-20-19(23)13-24-16-7-4-3-5-8-16/h3-11,17H,12-13H2,1-2H3,(H,20,23). The minimum atomic E-state index is -0.146. The van der Waals surface area contributed by atoms with Crippen LogP contribution in [0.5, 0.6) is 5.75 Å². The van der Waals surface area contributed by atoms with Gasteiger partial charge in [0.2, 0.25) is 0 Å². The molecule has 130 valence electrons. The molecular formula is C19H21N3O2S. The van der Waals surface area contributed by atoms with Crippen molar-refractivity contribution in [3.63, 3.8) is 0 Å². The molecule has 1 unspecified atom stereocenters. The fourth-order valence-electron chi connectivity index (χ4n) is 2.68. The summed E-state index contributed by atoms with van der Waals surface area (Å²) >= 11 is 1.66. The predicted molar refractivity (Wildman–Crippen MR) is 99.1 cm³/mol. The number of hydrogen-bond acceptors (Lipinski definition) is 4. The van der Waals surface area contributed by atoms with Crippen molar-refractivity contribution in [1.82, 2.24) is 15.1 Å². The molecule has 1 atom stereocenters. The third kappa shape index (κ3) is 4.48. The van der Waals surface area contributed by atoms with Crippen molar-refractivity contribution >= 4 is 17.2 Å². The van der Waals surface area contributed by atoms with Gasteiger partial charge in [-0.2, -0.15) is 5.10 Å². The Labute approximate surface area is 151 Å². The van der Waals surface area contributed by atoms with E-state index in [1.165, 1.54) is 0 Å². The van der Waals surface area contributed by atoms with E-state index in [9.17, 15) is 4.79 Å². The summed E-state index contributed by atoms with van der Waals surface area (Å²) in [7, 11) is 0. The lowest BCUT2D eigenvalue weighted by Gasteiger charge is -2.19. The van der Waals surface area contributed by atoms with Crippen LogP contribution in [0.2, 0.25) is 0 Å². The van der Waals surface area contributed by atoms with Crippen molar-refractivity contribution in [3.8, 4) is 5.75 Å². The van der Waals surface area contributed by atoms with Crippen LogP contribution in [0.15, 0.2) is 53.9 Å². The van der Waals surface area contributed by atoms with Gasteiger partial charge in [0, 0.05) is 17.1 Å². The zero-order chi connectivity index (χ0) is 17.6. The smallest absolute Gasteiger partial charge is 0.258 e. The number of thiophene rings is 1. The second kappa shape index (κ2) is 7.98. The number of aromatic nitrogens is 2. The summed E-state index contributed by atoms with van der Waals surface area (Å²) in [5, 5.41) is 9.57. The van der Waals surface area contributed by atoms with Crippen molar-refractivity contribution < 1.29 is 9.53 Å². The third-order valence-corrected chi connectivity index (χ3v) is 4.79. The monoisotopic (exact) mass is 355 g/mol. The fraction of sp³-hybridized carbons (Fsp3) is 0.263. The highest BCUT2D eigenvalue weighted by molar-refractivity contribution is 7.10. The number of hydrogen-bond donors (Lipinski definition) is 1. The molecule has 1 aromatic carbocycles. The fourth-order valence-corrected chi connectivity index (χ4v) is 3.49. The first-order valence-corrected chi connectivity index (χ1v) is 9.02. The Bertz CT molecular complexity index is 813. The Morgan fingerprint density at radius 3 is 2.68 bits per heavy atom. The Hall–Kier alpha value is -2.60. The molecule has 25 heavy (non-hydrogen) atoms. The maximum atomic E-state index is 12.1. The zero-order valence-corrected chi connectivity index (χ0v) is 15.1. The highest BCUT2D eigenvalue weighted by Gasteiger charge is 2.19. The van der Waals surface area contributed by atoms with Gasteiger partial charge in [-0.1, -0.05) is 24.3 Å². The van der Waals surface area contributed by atoms with Crippen LogP contribution in [-0.4, -0.2) is 28.8 Å². The van der Waals surface area contributed by atoms with Crippen LogP contribution >= 0.6 is 11.3 Å². The summed E-state index contributed by atoms with van der Waals surface area (Å²) in [4.78, 5) is 13.3. The third-order valence-electron chi connectivity index (χ3n) is 3.82. The van der Waals surface area contributed by atoms with E-state index < -0.39 is 0 Å². The zero-order valence-electron chi connectivity index (χ0n) is 14.3. The van der Waals surface area contributed by atoms with Crippen LogP contribution in [0.25, 0.3) is 0 Å². The molecular weight excluding hydrogens is 334 g/mol. The molecule has 3 rings (SSSR count). The van der Waals surface area contributed by atoms with Crippen molar-refractivity contribution in [2.45, 2.75) is 19.9 Å². The maximum Gasteiger partial charge on any atom is 0.258 e. The van der Waals surface area contributed by atoms with Crippen molar-refractivity contribution in [2.24, 2.45) is 0 Å². The summed E-state index contributed by atoms with van der Waals surface area (Å²) in [6, 6.07) is 15.4. The van der Waals surface area contributed by atoms with Gasteiger partial charge in [0.25, 0.3) is 5.91 Å². The predicted octanol–water partition coefficient (Wildman–Crippen LogP) is 3.35. The molecule has 0 aliphatic heterocycles. The van der Waals surface area contributed by atoms with E-state index in [2.05, 4.69) is 16.5 Å². The van der Waals surface area contributed by atoms with Crippen LogP contribution in [0.4, 0.5) is 0 Å². The number of carbonyl (C=O) groups excluding carboxylic acids is 1. The quantitative estimate of drug-likeness (QED) is 0.707. The number of para-hydroxylation sites is 1. The van der Waals surface area contributed by atoms with Gasteiger partial charge in [-0.15, -0.1) is 11.3 Å². The molecule has 3 aromatic rings. The normalized spacial score (nSPS) is 11.9. The van der Waals surface area contributed by atoms with Gasteiger partial charge >= 0.3 is 0 Å². The van der Waals surface area contributed by atoms with Crippen molar-refractivity contribution in [3.05, 3.63) is 70.2 Å². The lowest BCUT2D eigenvalue weighted by Crippen LogP contribution is -2.34. The molecule has 0 saturated carbocycles. The molecule has 0 saturated heterocycles. The Kier molecular flexibility index (Phi) is 5.50. The number of benzene rings is 1. The number of carbonyl (C=O) groups is 1. The SMILES string of the molecule is Cc1cc(C)n(C(CNC(=O)COc2ccccc2)c2cccs2)n1. The topological polar surface area (TPSA) is 56.2 Å². The van der Waals surface area contributed by atoms with Gasteiger partial charge < -0.3 is 10.1 Å². The summed E-state index contributed by atoms with van der Waals surface area (Å²) in [5.74, 6) is 0.540. The van der Waals surface area contributed by atoms with E-state index in [1.807, 2.05) is 66.4 Å². The van der Waals surface area contributed by atoms with E-state index >= 15 is 0 Å². The molecule has 1 amide bonds. The first-order chi connectivity index (χ1) is 12.1. The van der Waals surface area contributed by atoms with Crippen molar-refractivity contribution in [2.75, 3.05) is 13.2 Å². The summed E-state index contributed by atoms with van der Waals surface area (Å²) in [5.41, 5.74) is 2.04. The number of nitrogens with zero attached hydrogens (tertiary/aromatic N) is 2. The van der Waals surface area contributed by atoms with E-state index in [-0.39, 0.29) is 18.6 Å². The average Bonchev–Trinajstić information content (AvgIpc) is 3.25. The van der Waals surface area contributed by atoms with Crippen LogP contribution in [0.1, 0.15) is 22.3 Å². The van der Waals surface area contributed by atoms with E-state index in [1.54, 1.807) is 11.3 Å². The van der Waals surface area contributed by atoms with E-state index in [0.717, 1.165) is 16.3 Å². The second-order valence-electron chi connectivity index (χ2n) is 5.81. The van der Waals surface area contributed by atoms with Crippen molar-refractivity contribution in [1.29, 1.82) is 0 Å². The first-order valence-electron chi connectivity index (χ1n) is 8.14. The number of amides is 1. The van der Waals surface area contributed by atoms with Crippen LogP contribution in [-0.2, 0) is 4.79 Å². The number of ether oxygens (including phenoxy) is 1. The van der Waals surface area contributed by atoms with Gasteiger partial charge in [0.15, 0.2) is 6.61 Å². The Balaban J connectivity index is 1.63. The number of nitrogens with one attached hydrogen (secondary N) is 1. The molecule has 0 aliphatic carbocycles. The molecule has 1 N–H and O–H groups in total. The number of rotatable bonds is 7. The highest BCUT2D eigenvalue weighted by Crippen LogP contribution is 2.24. The van der Waals surface area contributed by atoms with E-state index in [4.69, 9.17) is 4.74 Å². The molecule has 2 aromatic heterocycles. The lowest BCUT2D eigenvalue weighted by atomic mass is 10.2. The van der Waals surface area contributed by atoms with Crippen LogP contribution in [0, 0.1) is 13.8 Å². The lowest BCUT2D eigenvalue weighted by molar-refractivity contribution is -0.123. The molecule has 0 spiro atoms. The Morgan fingerprint density at radius 2 is 2.04 bits per heavy atom. The first kappa shape index (κ1) is 17.2. The maximum absolute atomic E-state index is 12.1. The average molecular weight is 355 g/mol. The molecule has 6 heteroatoms. The van der Waals surface area contributed by atoms with Gasteiger partial charge in [-0.3, -0.25) is 9.48 Å². The van der Waals surface area contributed by atoms with Gasteiger partial charge in [-0.05, 0) is 43.5 Å². The largest absolute Gasteiger partial charge is 0.484 e. The summed E-state index contributed by atoms with van der Waals surface area (Å²) < 4.78 is 7.46. The molecule has 0 aliphatic rings. The second-order valence-corrected chi connectivity index (χ2v) is 6.79.